The first kappa shape index (κ1) is 25.6. The molecule has 5 heterocycles. The Kier molecular flexibility index (Phi) is 7.62. The number of hydrogen-bond donors (Lipinski definition) is 2. The first-order valence-electron chi connectivity index (χ1n) is 13.8. The SMILES string of the molecule is CC1CCN(Cc2cncc(-c3ccc4[nH]nc(C(=O)Nc5ccc(CN6CCOCC6)nc5)c4c3)c2)CC1. The lowest BCUT2D eigenvalue weighted by atomic mass is 9.98. The summed E-state index contributed by atoms with van der Waals surface area (Å²) in [5, 5.41) is 11.0. The average Bonchev–Trinajstić information content (AvgIpc) is 3.40. The number of ether oxygens (including phenoxy) is 1. The van der Waals surface area contributed by atoms with Crippen LogP contribution in [-0.4, -0.2) is 75.3 Å². The Morgan fingerprint density at radius 2 is 1.79 bits per heavy atom. The zero-order chi connectivity index (χ0) is 26.6. The summed E-state index contributed by atoms with van der Waals surface area (Å²) in [7, 11) is 0. The van der Waals surface area contributed by atoms with Crippen molar-refractivity contribution in [3.63, 3.8) is 0 Å². The van der Waals surface area contributed by atoms with E-state index in [1.165, 1.54) is 18.4 Å². The van der Waals surface area contributed by atoms with Gasteiger partial charge in [-0.1, -0.05) is 13.0 Å². The highest BCUT2D eigenvalue weighted by molar-refractivity contribution is 6.11. The van der Waals surface area contributed by atoms with Gasteiger partial charge in [0.05, 0.1) is 36.3 Å². The Balaban J connectivity index is 1.15. The van der Waals surface area contributed by atoms with Crippen LogP contribution >= 0.6 is 0 Å². The Labute approximate surface area is 228 Å². The zero-order valence-electron chi connectivity index (χ0n) is 22.4. The highest BCUT2D eigenvalue weighted by atomic mass is 16.5. The van der Waals surface area contributed by atoms with Gasteiger partial charge in [0.1, 0.15) is 0 Å². The summed E-state index contributed by atoms with van der Waals surface area (Å²) in [5.41, 5.74) is 6.03. The number of carbonyl (C=O) groups is 1. The molecular formula is C30H35N7O2. The van der Waals surface area contributed by atoms with Crippen LogP contribution in [0, 0.1) is 5.92 Å². The van der Waals surface area contributed by atoms with Gasteiger partial charge in [-0.2, -0.15) is 5.10 Å². The first-order valence-corrected chi connectivity index (χ1v) is 13.8. The molecular weight excluding hydrogens is 490 g/mol. The van der Waals surface area contributed by atoms with Gasteiger partial charge in [0, 0.05) is 49.5 Å². The second-order valence-electron chi connectivity index (χ2n) is 10.8. The topological polar surface area (TPSA) is 99.3 Å². The second kappa shape index (κ2) is 11.6. The van der Waals surface area contributed by atoms with Crippen LogP contribution in [0.15, 0.2) is 55.0 Å². The number of nitrogens with zero attached hydrogens (tertiary/aromatic N) is 5. The van der Waals surface area contributed by atoms with Crippen LogP contribution in [0.2, 0.25) is 0 Å². The third kappa shape index (κ3) is 6.16. The van der Waals surface area contributed by atoms with Gasteiger partial charge >= 0.3 is 0 Å². The summed E-state index contributed by atoms with van der Waals surface area (Å²) in [5.74, 6) is 0.544. The number of hydrogen-bond acceptors (Lipinski definition) is 7. The van der Waals surface area contributed by atoms with Crippen LogP contribution in [0.4, 0.5) is 5.69 Å². The van der Waals surface area contributed by atoms with Crippen LogP contribution < -0.4 is 5.32 Å². The fraction of sp³-hybridized carbons (Fsp3) is 0.400. The normalized spacial score (nSPS) is 17.5. The summed E-state index contributed by atoms with van der Waals surface area (Å²) >= 11 is 0. The van der Waals surface area contributed by atoms with Gasteiger partial charge in [-0.05, 0) is 73.3 Å². The van der Waals surface area contributed by atoms with E-state index in [1.54, 1.807) is 6.20 Å². The number of H-pyrrole nitrogens is 1. The Morgan fingerprint density at radius 3 is 2.59 bits per heavy atom. The molecule has 2 saturated heterocycles. The van der Waals surface area contributed by atoms with Crippen molar-refractivity contribution in [3.8, 4) is 11.1 Å². The molecule has 2 aliphatic heterocycles. The standard InChI is InChI=1S/C30H35N7O2/c1-21-6-8-36(9-7-21)19-22-14-24(17-31-16-22)23-2-5-28-27(15-23)29(35-34-28)30(38)33-25-3-4-26(32-18-25)20-37-10-12-39-13-11-37/h2-5,14-18,21H,6-13,19-20H2,1H3,(H,33,38)(H,34,35). The predicted molar refractivity (Wildman–Crippen MR) is 151 cm³/mol. The van der Waals surface area contributed by atoms with Crippen LogP contribution in [-0.2, 0) is 17.8 Å². The number of piperidine rings is 1. The van der Waals surface area contributed by atoms with E-state index in [-0.39, 0.29) is 5.91 Å². The van der Waals surface area contributed by atoms with Crippen LogP contribution in [0.5, 0.6) is 0 Å². The van der Waals surface area contributed by atoms with Gasteiger partial charge in [-0.15, -0.1) is 0 Å². The fourth-order valence-corrected chi connectivity index (χ4v) is 5.35. The van der Waals surface area contributed by atoms with Crippen molar-refractivity contribution in [2.75, 3.05) is 44.7 Å². The number of anilines is 1. The minimum absolute atomic E-state index is 0.271. The van der Waals surface area contributed by atoms with Gasteiger partial charge in [-0.25, -0.2) is 0 Å². The summed E-state index contributed by atoms with van der Waals surface area (Å²) < 4.78 is 5.41. The molecule has 0 atom stereocenters. The molecule has 9 nitrogen and oxygen atoms in total. The van der Waals surface area contributed by atoms with E-state index in [4.69, 9.17) is 4.74 Å². The van der Waals surface area contributed by atoms with Gasteiger partial charge < -0.3 is 10.1 Å². The first-order chi connectivity index (χ1) is 19.1. The van der Waals surface area contributed by atoms with E-state index >= 15 is 0 Å². The molecule has 2 N–H and O–H groups in total. The summed E-state index contributed by atoms with van der Waals surface area (Å²) in [6.07, 6.45) is 8.05. The average molecular weight is 526 g/mol. The minimum Gasteiger partial charge on any atom is -0.379 e. The summed E-state index contributed by atoms with van der Waals surface area (Å²) in [6, 6.07) is 12.1. The van der Waals surface area contributed by atoms with Crippen molar-refractivity contribution < 1.29 is 9.53 Å². The molecule has 9 heteroatoms. The maximum absolute atomic E-state index is 13.2. The number of fused-ring (bicyclic) bond motifs is 1. The number of nitrogens with one attached hydrogen (secondary N) is 2. The van der Waals surface area contributed by atoms with E-state index in [0.717, 1.165) is 86.1 Å². The van der Waals surface area contributed by atoms with Gasteiger partial charge in [0.2, 0.25) is 0 Å². The van der Waals surface area contributed by atoms with Crippen LogP contribution in [0.3, 0.4) is 0 Å². The highest BCUT2D eigenvalue weighted by Crippen LogP contribution is 2.27. The Morgan fingerprint density at radius 1 is 0.974 bits per heavy atom. The van der Waals surface area contributed by atoms with Crippen molar-refractivity contribution in [2.45, 2.75) is 32.9 Å². The van der Waals surface area contributed by atoms with E-state index in [2.05, 4.69) is 48.3 Å². The van der Waals surface area contributed by atoms with E-state index < -0.39 is 0 Å². The van der Waals surface area contributed by atoms with E-state index in [1.807, 2.05) is 42.7 Å². The molecule has 0 saturated carbocycles. The number of pyridine rings is 2. The summed E-state index contributed by atoms with van der Waals surface area (Å²) in [6.45, 7) is 9.63. The maximum Gasteiger partial charge on any atom is 0.276 e. The van der Waals surface area contributed by atoms with Gasteiger partial charge in [-0.3, -0.25) is 29.7 Å². The molecule has 4 aromatic rings. The Hall–Kier alpha value is -3.66. The summed E-state index contributed by atoms with van der Waals surface area (Å²) in [4.78, 5) is 27.1. The maximum atomic E-state index is 13.2. The molecule has 0 spiro atoms. The number of aromatic nitrogens is 4. The van der Waals surface area contributed by atoms with Crippen molar-refractivity contribution in [2.24, 2.45) is 5.92 Å². The third-order valence-corrected chi connectivity index (χ3v) is 7.76. The molecule has 2 fully saturated rings. The van der Waals surface area contributed by atoms with Crippen molar-refractivity contribution >= 4 is 22.5 Å². The number of morpholine rings is 1. The molecule has 0 aliphatic carbocycles. The van der Waals surface area contributed by atoms with E-state index in [9.17, 15) is 4.79 Å². The highest BCUT2D eigenvalue weighted by Gasteiger charge is 2.18. The smallest absolute Gasteiger partial charge is 0.276 e. The van der Waals surface area contributed by atoms with Crippen molar-refractivity contribution in [1.29, 1.82) is 0 Å². The Bertz CT molecular complexity index is 1420. The molecule has 0 unspecified atom stereocenters. The lowest BCUT2D eigenvalue weighted by Gasteiger charge is -2.30. The molecule has 6 rings (SSSR count). The number of rotatable bonds is 7. The molecule has 2 aliphatic rings. The van der Waals surface area contributed by atoms with Crippen molar-refractivity contribution in [1.82, 2.24) is 30.0 Å². The molecule has 1 amide bonds. The lowest BCUT2D eigenvalue weighted by Crippen LogP contribution is -2.35. The number of amides is 1. The molecule has 3 aromatic heterocycles. The van der Waals surface area contributed by atoms with Crippen molar-refractivity contribution in [3.05, 3.63) is 71.9 Å². The molecule has 39 heavy (non-hydrogen) atoms. The van der Waals surface area contributed by atoms with Crippen LogP contribution in [0.1, 0.15) is 41.5 Å². The molecule has 0 radical (unpaired) electrons. The fourth-order valence-electron chi connectivity index (χ4n) is 5.35. The predicted octanol–water partition coefficient (Wildman–Crippen LogP) is 4.34. The van der Waals surface area contributed by atoms with Gasteiger partial charge in [0.25, 0.3) is 5.91 Å². The minimum atomic E-state index is -0.271. The second-order valence-corrected chi connectivity index (χ2v) is 10.8. The zero-order valence-corrected chi connectivity index (χ0v) is 22.4. The molecule has 202 valence electrons. The lowest BCUT2D eigenvalue weighted by molar-refractivity contribution is 0.0336. The number of benzene rings is 1. The molecule has 1 aromatic carbocycles. The number of aromatic amines is 1. The van der Waals surface area contributed by atoms with Gasteiger partial charge in [0.15, 0.2) is 5.69 Å². The van der Waals surface area contributed by atoms with Crippen LogP contribution in [0.25, 0.3) is 22.0 Å². The number of likely N-dealkylation sites (tertiary alicyclic amines) is 1. The molecule has 0 bridgehead atoms. The third-order valence-electron chi connectivity index (χ3n) is 7.76. The monoisotopic (exact) mass is 525 g/mol. The quantitative estimate of drug-likeness (QED) is 0.370. The number of carbonyl (C=O) groups excluding carboxylic acids is 1. The van der Waals surface area contributed by atoms with E-state index in [0.29, 0.717) is 11.4 Å². The largest absolute Gasteiger partial charge is 0.379 e.